The summed E-state index contributed by atoms with van der Waals surface area (Å²) in [5.74, 6) is 0. The van der Waals surface area contributed by atoms with Gasteiger partial charge in [-0.1, -0.05) is 6.07 Å². The number of hydrogen-bond acceptors (Lipinski definition) is 3. The van der Waals surface area contributed by atoms with Crippen LogP contribution in [0, 0.1) is 0 Å². The lowest BCUT2D eigenvalue weighted by molar-refractivity contribution is 0.259. The van der Waals surface area contributed by atoms with Gasteiger partial charge in [0.2, 0.25) is 0 Å². The van der Waals surface area contributed by atoms with Crippen LogP contribution in [0.15, 0.2) is 40.2 Å². The highest BCUT2D eigenvalue weighted by Crippen LogP contribution is 2.21. The molecule has 4 nitrogen and oxygen atoms in total. The Morgan fingerprint density at radius 2 is 2.11 bits per heavy atom. The Balaban J connectivity index is 1.98. The second-order valence-electron chi connectivity index (χ2n) is 3.65. The van der Waals surface area contributed by atoms with E-state index in [9.17, 15) is 4.79 Å². The zero-order valence-electron chi connectivity index (χ0n) is 9.44. The lowest BCUT2D eigenvalue weighted by atomic mass is 10.2. The number of amides is 2. The van der Waals surface area contributed by atoms with Crippen LogP contribution in [-0.4, -0.2) is 6.03 Å². The van der Waals surface area contributed by atoms with E-state index in [0.717, 1.165) is 16.7 Å². The Hall–Kier alpha value is -1.53. The Bertz CT molecular complexity index is 556. The number of primary amides is 1. The van der Waals surface area contributed by atoms with Crippen LogP contribution < -0.4 is 16.4 Å². The summed E-state index contributed by atoms with van der Waals surface area (Å²) in [5, 5.41) is 7.87. The van der Waals surface area contributed by atoms with Gasteiger partial charge in [-0.05, 0) is 40.2 Å². The number of anilines is 2. The fourth-order valence-corrected chi connectivity index (χ4v) is 2.88. The van der Waals surface area contributed by atoms with Crippen LogP contribution in [0.1, 0.15) is 4.88 Å². The number of benzene rings is 1. The molecule has 94 valence electrons. The molecule has 0 aliphatic carbocycles. The van der Waals surface area contributed by atoms with Crippen molar-refractivity contribution >= 4 is 44.7 Å². The molecular weight excluding hydrogens is 314 g/mol. The van der Waals surface area contributed by atoms with E-state index in [0.29, 0.717) is 5.69 Å². The number of nitrogens with two attached hydrogens (primary N) is 1. The number of urea groups is 1. The molecule has 6 heteroatoms. The number of nitrogens with one attached hydrogen (secondary N) is 2. The lowest BCUT2D eigenvalue weighted by Gasteiger charge is -2.07. The first kappa shape index (κ1) is 12.9. The van der Waals surface area contributed by atoms with Crippen molar-refractivity contribution in [3.63, 3.8) is 0 Å². The third-order valence-corrected chi connectivity index (χ3v) is 3.92. The molecule has 0 spiro atoms. The van der Waals surface area contributed by atoms with Crippen LogP contribution in [0.4, 0.5) is 16.2 Å². The average Bonchev–Trinajstić information content (AvgIpc) is 2.72. The topological polar surface area (TPSA) is 67.2 Å². The van der Waals surface area contributed by atoms with Crippen molar-refractivity contribution in [1.29, 1.82) is 0 Å². The SMILES string of the molecule is NC(=O)Nc1cccc(NCc2cc(Br)cs2)c1. The Morgan fingerprint density at radius 1 is 1.33 bits per heavy atom. The first-order valence-electron chi connectivity index (χ1n) is 5.27. The van der Waals surface area contributed by atoms with E-state index in [1.807, 2.05) is 23.6 Å². The summed E-state index contributed by atoms with van der Waals surface area (Å²) >= 11 is 5.10. The van der Waals surface area contributed by atoms with Gasteiger partial charge in [0.1, 0.15) is 0 Å². The molecular formula is C12H12BrN3OS. The quantitative estimate of drug-likeness (QED) is 0.803. The molecule has 2 rings (SSSR count). The van der Waals surface area contributed by atoms with Crippen molar-refractivity contribution in [2.45, 2.75) is 6.54 Å². The van der Waals surface area contributed by atoms with Gasteiger partial charge in [-0.15, -0.1) is 11.3 Å². The molecule has 0 aliphatic heterocycles. The van der Waals surface area contributed by atoms with E-state index >= 15 is 0 Å². The molecule has 0 aliphatic rings. The Labute approximate surface area is 117 Å². The van der Waals surface area contributed by atoms with Gasteiger partial charge in [-0.3, -0.25) is 0 Å². The van der Waals surface area contributed by atoms with Crippen LogP contribution in [0.2, 0.25) is 0 Å². The maximum atomic E-state index is 10.7. The van der Waals surface area contributed by atoms with Crippen LogP contribution >= 0.6 is 27.3 Å². The van der Waals surface area contributed by atoms with Crippen molar-refractivity contribution in [3.05, 3.63) is 45.1 Å². The minimum Gasteiger partial charge on any atom is -0.380 e. The number of carbonyl (C=O) groups excluding carboxylic acids is 1. The molecule has 0 saturated carbocycles. The molecule has 0 bridgehead atoms. The fourth-order valence-electron chi connectivity index (χ4n) is 1.48. The van der Waals surface area contributed by atoms with Gasteiger partial charge in [-0.2, -0.15) is 0 Å². The van der Waals surface area contributed by atoms with Crippen molar-refractivity contribution in [3.8, 4) is 0 Å². The highest BCUT2D eigenvalue weighted by molar-refractivity contribution is 9.10. The van der Waals surface area contributed by atoms with Gasteiger partial charge >= 0.3 is 6.03 Å². The van der Waals surface area contributed by atoms with Crippen LogP contribution in [0.3, 0.4) is 0 Å². The Kier molecular flexibility index (Phi) is 4.22. The summed E-state index contributed by atoms with van der Waals surface area (Å²) in [5.41, 5.74) is 6.68. The minimum absolute atomic E-state index is 0.561. The molecule has 1 heterocycles. The first-order chi connectivity index (χ1) is 8.63. The van der Waals surface area contributed by atoms with E-state index < -0.39 is 6.03 Å². The molecule has 0 saturated heterocycles. The van der Waals surface area contributed by atoms with Gasteiger partial charge in [-0.25, -0.2) is 4.79 Å². The van der Waals surface area contributed by atoms with E-state index in [1.54, 1.807) is 17.4 Å². The molecule has 4 N–H and O–H groups in total. The molecule has 1 aromatic heterocycles. The largest absolute Gasteiger partial charge is 0.380 e. The van der Waals surface area contributed by atoms with Gasteiger partial charge in [0.25, 0.3) is 0 Å². The summed E-state index contributed by atoms with van der Waals surface area (Å²) in [7, 11) is 0. The highest BCUT2D eigenvalue weighted by atomic mass is 79.9. The van der Waals surface area contributed by atoms with Gasteiger partial charge in [0.05, 0.1) is 0 Å². The van der Waals surface area contributed by atoms with E-state index in [2.05, 4.69) is 32.6 Å². The average molecular weight is 326 g/mol. The molecule has 0 unspecified atom stereocenters. The number of carbonyl (C=O) groups is 1. The molecule has 2 aromatic rings. The van der Waals surface area contributed by atoms with Crippen LogP contribution in [0.25, 0.3) is 0 Å². The second kappa shape index (κ2) is 5.88. The molecule has 2 amide bonds. The lowest BCUT2D eigenvalue weighted by Crippen LogP contribution is -2.19. The van der Waals surface area contributed by atoms with E-state index in [1.165, 1.54) is 4.88 Å². The third kappa shape index (κ3) is 3.75. The third-order valence-electron chi connectivity index (χ3n) is 2.22. The van der Waals surface area contributed by atoms with Crippen LogP contribution in [0.5, 0.6) is 0 Å². The first-order valence-corrected chi connectivity index (χ1v) is 6.94. The summed E-state index contributed by atoms with van der Waals surface area (Å²) in [4.78, 5) is 12.0. The fraction of sp³-hybridized carbons (Fsp3) is 0.0833. The second-order valence-corrected chi connectivity index (χ2v) is 5.57. The van der Waals surface area contributed by atoms with Crippen molar-refractivity contribution in [2.75, 3.05) is 10.6 Å². The molecule has 0 fully saturated rings. The minimum atomic E-state index is -0.561. The van der Waals surface area contributed by atoms with E-state index in [-0.39, 0.29) is 0 Å². The monoisotopic (exact) mass is 325 g/mol. The smallest absolute Gasteiger partial charge is 0.316 e. The van der Waals surface area contributed by atoms with Gasteiger partial charge in [0.15, 0.2) is 0 Å². The van der Waals surface area contributed by atoms with E-state index in [4.69, 9.17) is 5.73 Å². The van der Waals surface area contributed by atoms with Gasteiger partial charge in [0, 0.05) is 32.6 Å². The molecule has 1 aromatic carbocycles. The summed E-state index contributed by atoms with van der Waals surface area (Å²) in [6, 6.07) is 8.94. The number of halogens is 1. The van der Waals surface area contributed by atoms with Gasteiger partial charge < -0.3 is 16.4 Å². The normalized spacial score (nSPS) is 10.1. The Morgan fingerprint density at radius 3 is 2.78 bits per heavy atom. The summed E-state index contributed by atoms with van der Waals surface area (Å²) in [6.07, 6.45) is 0. The number of thiophene rings is 1. The van der Waals surface area contributed by atoms with Crippen molar-refractivity contribution < 1.29 is 4.79 Å². The summed E-state index contributed by atoms with van der Waals surface area (Å²) in [6.45, 7) is 0.746. The zero-order chi connectivity index (χ0) is 13.0. The molecule has 0 atom stereocenters. The molecule has 18 heavy (non-hydrogen) atoms. The van der Waals surface area contributed by atoms with Crippen LogP contribution in [-0.2, 0) is 6.54 Å². The van der Waals surface area contributed by atoms with Crippen molar-refractivity contribution in [2.24, 2.45) is 5.73 Å². The summed E-state index contributed by atoms with van der Waals surface area (Å²) < 4.78 is 1.09. The predicted octanol–water partition coefficient (Wildman–Crippen LogP) is 3.61. The number of rotatable bonds is 4. The number of hydrogen-bond donors (Lipinski definition) is 3. The van der Waals surface area contributed by atoms with Crippen molar-refractivity contribution in [1.82, 2.24) is 0 Å². The zero-order valence-corrected chi connectivity index (χ0v) is 11.8. The highest BCUT2D eigenvalue weighted by Gasteiger charge is 2.00. The maximum absolute atomic E-state index is 10.7. The molecule has 0 radical (unpaired) electrons. The standard InChI is InChI=1S/C12H12BrN3OS/c13-8-4-11(18-7-8)6-15-9-2-1-3-10(5-9)16-12(14)17/h1-5,7,15H,6H2,(H3,14,16,17). The maximum Gasteiger partial charge on any atom is 0.316 e. The predicted molar refractivity (Wildman–Crippen MR) is 79.0 cm³/mol.